The molecule has 1 aliphatic rings. The van der Waals surface area contributed by atoms with Crippen LogP contribution >= 0.6 is 11.6 Å². The number of carbonyl (C=O) groups excluding carboxylic acids is 2. The third-order valence-corrected chi connectivity index (χ3v) is 2.69. The summed E-state index contributed by atoms with van der Waals surface area (Å²) in [6.45, 7) is 1.76. The Morgan fingerprint density at radius 1 is 1.39 bits per heavy atom. The fraction of sp³-hybridized carbons (Fsp3) is 0.231. The maximum absolute atomic E-state index is 11.7. The van der Waals surface area contributed by atoms with Crippen molar-refractivity contribution < 1.29 is 19.1 Å². The van der Waals surface area contributed by atoms with Crippen LogP contribution in [0.25, 0.3) is 5.76 Å². The molecule has 18 heavy (non-hydrogen) atoms. The van der Waals surface area contributed by atoms with E-state index in [-0.39, 0.29) is 30.3 Å². The molecular formula is C13H11ClO4. The quantitative estimate of drug-likeness (QED) is 0.622. The van der Waals surface area contributed by atoms with Gasteiger partial charge in [0.2, 0.25) is 5.78 Å². The molecule has 5 heteroatoms. The average Bonchev–Trinajstić information content (AvgIpc) is 2.72. The average molecular weight is 267 g/mol. The predicted molar refractivity (Wildman–Crippen MR) is 66.0 cm³/mol. The van der Waals surface area contributed by atoms with Crippen LogP contribution in [0.4, 0.5) is 0 Å². The SMILES string of the molecule is CCOC(=O)C1=C(c2ccc(Cl)cc2)OCC1=O. The van der Waals surface area contributed by atoms with Crippen molar-refractivity contribution in [2.24, 2.45) is 0 Å². The maximum Gasteiger partial charge on any atom is 0.345 e. The van der Waals surface area contributed by atoms with E-state index < -0.39 is 5.97 Å². The molecule has 1 aromatic rings. The molecule has 0 radical (unpaired) electrons. The molecule has 0 amide bonds. The van der Waals surface area contributed by atoms with Crippen molar-refractivity contribution >= 4 is 29.1 Å². The zero-order chi connectivity index (χ0) is 13.1. The molecule has 94 valence electrons. The first-order valence-electron chi connectivity index (χ1n) is 5.46. The Kier molecular flexibility index (Phi) is 3.67. The van der Waals surface area contributed by atoms with Crippen molar-refractivity contribution in [2.45, 2.75) is 6.92 Å². The summed E-state index contributed by atoms with van der Waals surface area (Å²) >= 11 is 5.78. The summed E-state index contributed by atoms with van der Waals surface area (Å²) in [5.74, 6) is -0.751. The van der Waals surface area contributed by atoms with Crippen LogP contribution in [0.3, 0.4) is 0 Å². The number of halogens is 1. The Balaban J connectivity index is 2.41. The molecule has 0 bridgehead atoms. The third kappa shape index (κ3) is 2.38. The predicted octanol–water partition coefficient (Wildman–Crippen LogP) is 2.21. The van der Waals surface area contributed by atoms with E-state index in [1.165, 1.54) is 0 Å². The summed E-state index contributed by atoms with van der Waals surface area (Å²) in [5, 5.41) is 0.571. The zero-order valence-electron chi connectivity index (χ0n) is 9.73. The summed E-state index contributed by atoms with van der Waals surface area (Å²) in [6, 6.07) is 6.71. The summed E-state index contributed by atoms with van der Waals surface area (Å²) in [7, 11) is 0. The van der Waals surface area contributed by atoms with Gasteiger partial charge in [0.05, 0.1) is 6.61 Å². The second kappa shape index (κ2) is 5.23. The summed E-state index contributed by atoms with van der Waals surface area (Å²) in [5.41, 5.74) is 0.604. The highest BCUT2D eigenvalue weighted by molar-refractivity contribution is 6.30. The van der Waals surface area contributed by atoms with Crippen LogP contribution in [0.1, 0.15) is 12.5 Å². The van der Waals surface area contributed by atoms with E-state index in [9.17, 15) is 9.59 Å². The fourth-order valence-electron chi connectivity index (χ4n) is 1.65. The monoisotopic (exact) mass is 266 g/mol. The Bertz CT molecular complexity index is 516. The highest BCUT2D eigenvalue weighted by Crippen LogP contribution is 2.28. The molecule has 1 aromatic carbocycles. The van der Waals surface area contributed by atoms with Gasteiger partial charge in [0.25, 0.3) is 0 Å². The molecule has 1 heterocycles. The summed E-state index contributed by atoms with van der Waals surface area (Å²) in [4.78, 5) is 23.3. The van der Waals surface area contributed by atoms with Crippen molar-refractivity contribution in [3.8, 4) is 0 Å². The number of rotatable bonds is 3. The van der Waals surface area contributed by atoms with Crippen LogP contribution < -0.4 is 0 Å². The van der Waals surface area contributed by atoms with E-state index in [1.54, 1.807) is 31.2 Å². The van der Waals surface area contributed by atoms with E-state index in [0.717, 1.165) is 0 Å². The number of carbonyl (C=O) groups is 2. The standard InChI is InChI=1S/C13H11ClO4/c1-2-17-13(16)11-10(15)7-18-12(11)8-3-5-9(14)6-4-8/h3-6H,2,7H2,1H3. The van der Waals surface area contributed by atoms with Gasteiger partial charge in [0.15, 0.2) is 6.61 Å². The lowest BCUT2D eigenvalue weighted by Crippen LogP contribution is -2.14. The van der Waals surface area contributed by atoms with E-state index in [4.69, 9.17) is 21.1 Å². The molecule has 0 unspecified atom stereocenters. The van der Waals surface area contributed by atoms with Crippen LogP contribution in [0.5, 0.6) is 0 Å². The second-order valence-electron chi connectivity index (χ2n) is 3.64. The first-order valence-corrected chi connectivity index (χ1v) is 5.84. The second-order valence-corrected chi connectivity index (χ2v) is 4.08. The van der Waals surface area contributed by atoms with E-state index in [0.29, 0.717) is 10.6 Å². The van der Waals surface area contributed by atoms with Crippen LogP contribution in [0.15, 0.2) is 29.8 Å². The number of esters is 1. The van der Waals surface area contributed by atoms with Gasteiger partial charge in [-0.1, -0.05) is 11.6 Å². The number of benzene rings is 1. The minimum atomic E-state index is -0.648. The minimum absolute atomic E-state index is 0.0285. The number of Topliss-reactive ketones (excluding diaryl/α,β-unsaturated/α-hetero) is 1. The van der Waals surface area contributed by atoms with Crippen molar-refractivity contribution in [3.05, 3.63) is 40.4 Å². The smallest absolute Gasteiger partial charge is 0.345 e. The number of ether oxygens (including phenoxy) is 2. The van der Waals surface area contributed by atoms with E-state index in [1.807, 2.05) is 0 Å². The van der Waals surface area contributed by atoms with Gasteiger partial charge >= 0.3 is 5.97 Å². The van der Waals surface area contributed by atoms with Crippen molar-refractivity contribution in [1.82, 2.24) is 0 Å². The van der Waals surface area contributed by atoms with Gasteiger partial charge in [-0.05, 0) is 31.2 Å². The van der Waals surface area contributed by atoms with Gasteiger partial charge in [-0.25, -0.2) is 4.79 Å². The molecule has 4 nitrogen and oxygen atoms in total. The van der Waals surface area contributed by atoms with Gasteiger partial charge < -0.3 is 9.47 Å². The van der Waals surface area contributed by atoms with Crippen molar-refractivity contribution in [2.75, 3.05) is 13.2 Å². The Morgan fingerprint density at radius 3 is 2.67 bits per heavy atom. The third-order valence-electron chi connectivity index (χ3n) is 2.44. The number of ketones is 1. The van der Waals surface area contributed by atoms with Crippen molar-refractivity contribution in [1.29, 1.82) is 0 Å². The first-order chi connectivity index (χ1) is 8.63. The lowest BCUT2D eigenvalue weighted by Gasteiger charge is -2.05. The fourth-order valence-corrected chi connectivity index (χ4v) is 1.77. The highest BCUT2D eigenvalue weighted by Gasteiger charge is 2.32. The Hall–Kier alpha value is -1.81. The Morgan fingerprint density at radius 2 is 2.06 bits per heavy atom. The number of hydrogen-bond donors (Lipinski definition) is 0. The minimum Gasteiger partial charge on any atom is -0.484 e. The molecule has 2 rings (SSSR count). The molecule has 0 spiro atoms. The van der Waals surface area contributed by atoms with Gasteiger partial charge in [-0.15, -0.1) is 0 Å². The lowest BCUT2D eigenvalue weighted by molar-refractivity contribution is -0.139. The van der Waals surface area contributed by atoms with E-state index in [2.05, 4.69) is 0 Å². The number of hydrogen-bond acceptors (Lipinski definition) is 4. The molecule has 0 atom stereocenters. The highest BCUT2D eigenvalue weighted by atomic mass is 35.5. The van der Waals surface area contributed by atoms with Crippen LogP contribution in [0, 0.1) is 0 Å². The van der Waals surface area contributed by atoms with Crippen LogP contribution in [0.2, 0.25) is 5.02 Å². The van der Waals surface area contributed by atoms with Gasteiger partial charge in [0, 0.05) is 10.6 Å². The van der Waals surface area contributed by atoms with Gasteiger partial charge in [0.1, 0.15) is 11.3 Å². The normalized spacial score (nSPS) is 14.7. The first kappa shape index (κ1) is 12.6. The van der Waals surface area contributed by atoms with Gasteiger partial charge in [-0.3, -0.25) is 4.79 Å². The largest absolute Gasteiger partial charge is 0.484 e. The maximum atomic E-state index is 11.7. The molecule has 0 aromatic heterocycles. The molecule has 1 aliphatic heterocycles. The molecule has 0 saturated heterocycles. The topological polar surface area (TPSA) is 52.6 Å². The van der Waals surface area contributed by atoms with Crippen LogP contribution in [-0.2, 0) is 19.1 Å². The summed E-state index contributed by atoms with van der Waals surface area (Å²) in [6.07, 6.45) is 0. The molecule has 0 aliphatic carbocycles. The lowest BCUT2D eigenvalue weighted by atomic mass is 10.1. The zero-order valence-corrected chi connectivity index (χ0v) is 10.5. The summed E-state index contributed by atoms with van der Waals surface area (Å²) < 4.78 is 10.1. The van der Waals surface area contributed by atoms with Gasteiger partial charge in [-0.2, -0.15) is 0 Å². The van der Waals surface area contributed by atoms with E-state index >= 15 is 0 Å². The molecule has 0 saturated carbocycles. The van der Waals surface area contributed by atoms with Crippen molar-refractivity contribution in [3.63, 3.8) is 0 Å². The van der Waals surface area contributed by atoms with Crippen LogP contribution in [-0.4, -0.2) is 25.0 Å². The molecular weight excluding hydrogens is 256 g/mol. The molecule has 0 fully saturated rings. The molecule has 0 N–H and O–H groups in total. The Labute approximate surface area is 109 Å².